The van der Waals surface area contributed by atoms with Crippen molar-refractivity contribution in [3.63, 3.8) is 0 Å². The first-order valence-electron chi connectivity index (χ1n) is 11.0. The van der Waals surface area contributed by atoms with Crippen LogP contribution in [0.3, 0.4) is 0 Å². The van der Waals surface area contributed by atoms with Crippen LogP contribution in [-0.2, 0) is 11.3 Å². The van der Waals surface area contributed by atoms with E-state index in [1.54, 1.807) is 12.4 Å². The first-order chi connectivity index (χ1) is 15.0. The summed E-state index contributed by atoms with van der Waals surface area (Å²) in [4.78, 5) is 22.5. The van der Waals surface area contributed by atoms with Gasteiger partial charge in [0.15, 0.2) is 5.65 Å². The van der Waals surface area contributed by atoms with Gasteiger partial charge in [0.05, 0.1) is 25.0 Å². The lowest BCUT2D eigenvalue weighted by molar-refractivity contribution is 0.0228. The number of carbonyl (C=O) groups is 1. The number of ether oxygens (including phenoxy) is 1. The summed E-state index contributed by atoms with van der Waals surface area (Å²) >= 11 is 0. The standard InChI is InChI=1S/C24H31N5O2/c1-18(2)29-23-21(15-26-29)13-22(14-25-23)24(30)28(17-20-7-5-4-6-8-20)19(3)16-27-9-11-31-12-10-27/h4-8,13-15,18-19H,9-12,16-17H2,1-3H3. The van der Waals surface area contributed by atoms with E-state index in [9.17, 15) is 4.79 Å². The fraction of sp³-hybridized carbons (Fsp3) is 0.458. The Morgan fingerprint density at radius 2 is 1.87 bits per heavy atom. The second-order valence-corrected chi connectivity index (χ2v) is 8.50. The van der Waals surface area contributed by atoms with Gasteiger partial charge in [-0.05, 0) is 32.4 Å². The lowest BCUT2D eigenvalue weighted by Gasteiger charge is -2.35. The van der Waals surface area contributed by atoms with E-state index < -0.39 is 0 Å². The smallest absolute Gasteiger partial charge is 0.256 e. The highest BCUT2D eigenvalue weighted by Crippen LogP contribution is 2.20. The molecule has 7 nitrogen and oxygen atoms in total. The Morgan fingerprint density at radius 3 is 2.58 bits per heavy atom. The van der Waals surface area contributed by atoms with E-state index >= 15 is 0 Å². The Bertz CT molecular complexity index is 1010. The fourth-order valence-electron chi connectivity index (χ4n) is 4.06. The summed E-state index contributed by atoms with van der Waals surface area (Å²) in [6, 6.07) is 12.3. The van der Waals surface area contributed by atoms with Crippen LogP contribution in [0.1, 0.15) is 42.7 Å². The van der Waals surface area contributed by atoms with Crippen LogP contribution < -0.4 is 0 Å². The second-order valence-electron chi connectivity index (χ2n) is 8.50. The van der Waals surface area contributed by atoms with Crippen molar-refractivity contribution in [1.29, 1.82) is 0 Å². The van der Waals surface area contributed by atoms with Gasteiger partial charge in [-0.3, -0.25) is 9.69 Å². The molecule has 31 heavy (non-hydrogen) atoms. The number of rotatable bonds is 7. The molecule has 1 atom stereocenters. The lowest BCUT2D eigenvalue weighted by Crippen LogP contribution is -2.48. The van der Waals surface area contributed by atoms with Gasteiger partial charge >= 0.3 is 0 Å². The quantitative estimate of drug-likeness (QED) is 0.585. The summed E-state index contributed by atoms with van der Waals surface area (Å²) in [6.45, 7) is 11.0. The largest absolute Gasteiger partial charge is 0.379 e. The van der Waals surface area contributed by atoms with Crippen molar-refractivity contribution in [3.8, 4) is 0 Å². The number of carbonyl (C=O) groups excluding carboxylic acids is 1. The molecular weight excluding hydrogens is 390 g/mol. The zero-order valence-electron chi connectivity index (χ0n) is 18.6. The Balaban J connectivity index is 1.60. The van der Waals surface area contributed by atoms with Gasteiger partial charge in [-0.1, -0.05) is 30.3 Å². The highest BCUT2D eigenvalue weighted by Gasteiger charge is 2.25. The van der Waals surface area contributed by atoms with E-state index in [2.05, 4.69) is 47.9 Å². The van der Waals surface area contributed by atoms with Gasteiger partial charge in [-0.25, -0.2) is 9.67 Å². The van der Waals surface area contributed by atoms with Crippen LogP contribution in [0.4, 0.5) is 0 Å². The molecule has 2 aromatic heterocycles. The number of fused-ring (bicyclic) bond motifs is 1. The molecule has 1 aliphatic heterocycles. The minimum atomic E-state index is -0.00342. The van der Waals surface area contributed by atoms with Crippen LogP contribution in [0.15, 0.2) is 48.8 Å². The second kappa shape index (κ2) is 9.58. The normalized spacial score (nSPS) is 16.0. The van der Waals surface area contributed by atoms with Crippen LogP contribution in [0, 0.1) is 0 Å². The molecule has 4 rings (SSSR count). The minimum absolute atomic E-state index is 0.00342. The number of nitrogens with zero attached hydrogens (tertiary/aromatic N) is 5. The molecule has 0 radical (unpaired) electrons. The average molecular weight is 422 g/mol. The van der Waals surface area contributed by atoms with Gasteiger partial charge in [-0.2, -0.15) is 5.10 Å². The van der Waals surface area contributed by atoms with E-state index in [0.717, 1.165) is 49.4 Å². The average Bonchev–Trinajstić information content (AvgIpc) is 3.22. The molecule has 3 heterocycles. The summed E-state index contributed by atoms with van der Waals surface area (Å²) in [5.74, 6) is -0.00342. The van der Waals surface area contributed by atoms with Gasteiger partial charge in [0.1, 0.15) is 0 Å². The number of benzene rings is 1. The molecule has 1 fully saturated rings. The number of pyridine rings is 1. The summed E-state index contributed by atoms with van der Waals surface area (Å²) in [7, 11) is 0. The number of amides is 1. The maximum atomic E-state index is 13.6. The molecule has 0 spiro atoms. The van der Waals surface area contributed by atoms with Crippen LogP contribution in [0.2, 0.25) is 0 Å². The molecule has 0 N–H and O–H groups in total. The first kappa shape index (κ1) is 21.5. The zero-order chi connectivity index (χ0) is 21.8. The van der Waals surface area contributed by atoms with Crippen molar-refractivity contribution in [2.24, 2.45) is 0 Å². The summed E-state index contributed by atoms with van der Waals surface area (Å²) < 4.78 is 7.36. The molecule has 0 aliphatic carbocycles. The highest BCUT2D eigenvalue weighted by molar-refractivity contribution is 5.97. The summed E-state index contributed by atoms with van der Waals surface area (Å²) in [5, 5.41) is 5.32. The fourth-order valence-corrected chi connectivity index (χ4v) is 4.06. The molecule has 3 aromatic rings. The highest BCUT2D eigenvalue weighted by atomic mass is 16.5. The first-order valence-corrected chi connectivity index (χ1v) is 11.0. The third-order valence-electron chi connectivity index (χ3n) is 5.78. The third-order valence-corrected chi connectivity index (χ3v) is 5.78. The number of hydrogen-bond donors (Lipinski definition) is 0. The molecule has 1 saturated heterocycles. The molecule has 1 amide bonds. The van der Waals surface area contributed by atoms with Gasteiger partial charge < -0.3 is 9.64 Å². The molecule has 0 saturated carbocycles. The van der Waals surface area contributed by atoms with E-state index in [4.69, 9.17) is 4.74 Å². The van der Waals surface area contributed by atoms with Crippen molar-refractivity contribution in [2.45, 2.75) is 39.4 Å². The van der Waals surface area contributed by atoms with Crippen LogP contribution in [0.5, 0.6) is 0 Å². The number of morpholine rings is 1. The Kier molecular flexibility index (Phi) is 6.63. The monoisotopic (exact) mass is 421 g/mol. The summed E-state index contributed by atoms with van der Waals surface area (Å²) in [6.07, 6.45) is 3.47. The topological polar surface area (TPSA) is 63.5 Å². The third kappa shape index (κ3) is 4.94. The van der Waals surface area contributed by atoms with Crippen molar-refractivity contribution in [2.75, 3.05) is 32.8 Å². The van der Waals surface area contributed by atoms with E-state index in [0.29, 0.717) is 12.1 Å². The van der Waals surface area contributed by atoms with Crippen molar-refractivity contribution >= 4 is 16.9 Å². The van der Waals surface area contributed by atoms with E-state index in [1.807, 2.05) is 33.8 Å². The molecular formula is C24H31N5O2. The van der Waals surface area contributed by atoms with Gasteiger partial charge in [-0.15, -0.1) is 0 Å². The van der Waals surface area contributed by atoms with Gasteiger partial charge in [0.25, 0.3) is 5.91 Å². The molecule has 7 heteroatoms. The Morgan fingerprint density at radius 1 is 1.13 bits per heavy atom. The van der Waals surface area contributed by atoms with Gasteiger partial charge in [0.2, 0.25) is 0 Å². The lowest BCUT2D eigenvalue weighted by atomic mass is 10.1. The Hall–Kier alpha value is -2.77. The molecule has 1 unspecified atom stereocenters. The van der Waals surface area contributed by atoms with E-state index in [1.165, 1.54) is 0 Å². The number of hydrogen-bond acceptors (Lipinski definition) is 5. The number of aromatic nitrogens is 3. The van der Waals surface area contributed by atoms with Gasteiger partial charge in [0, 0.05) is 49.8 Å². The maximum Gasteiger partial charge on any atom is 0.256 e. The Labute approximate surface area is 183 Å². The van der Waals surface area contributed by atoms with Crippen molar-refractivity contribution in [1.82, 2.24) is 24.6 Å². The molecule has 0 bridgehead atoms. The van der Waals surface area contributed by atoms with Crippen LogP contribution in [-0.4, -0.2) is 69.4 Å². The van der Waals surface area contributed by atoms with Crippen molar-refractivity contribution in [3.05, 3.63) is 59.9 Å². The SMILES string of the molecule is CC(CN1CCOCC1)N(Cc1ccccc1)C(=O)c1cnc2c(cnn2C(C)C)c1. The summed E-state index contributed by atoms with van der Waals surface area (Å²) in [5.41, 5.74) is 2.52. The minimum Gasteiger partial charge on any atom is -0.379 e. The zero-order valence-corrected chi connectivity index (χ0v) is 18.6. The van der Waals surface area contributed by atoms with Crippen LogP contribution in [0.25, 0.3) is 11.0 Å². The maximum absolute atomic E-state index is 13.6. The molecule has 164 valence electrons. The predicted molar refractivity (Wildman–Crippen MR) is 121 cm³/mol. The molecule has 1 aromatic carbocycles. The van der Waals surface area contributed by atoms with E-state index in [-0.39, 0.29) is 18.0 Å². The molecule has 1 aliphatic rings. The van der Waals surface area contributed by atoms with Crippen LogP contribution >= 0.6 is 0 Å². The van der Waals surface area contributed by atoms with Crippen molar-refractivity contribution < 1.29 is 9.53 Å². The predicted octanol–water partition coefficient (Wildman–Crippen LogP) is 3.38.